The monoisotopic (exact) mass is 332 g/mol. The maximum Gasteiger partial charge on any atom is 0.269 e. The number of hydrogen-bond acceptors (Lipinski definition) is 3. The number of para-hydroxylation sites is 1. The molecule has 0 radical (unpaired) electrons. The minimum absolute atomic E-state index is 0.0289. The molecule has 0 fully saturated rings. The Bertz CT molecular complexity index is 937. The van der Waals surface area contributed by atoms with Crippen molar-refractivity contribution in [2.45, 2.75) is 6.92 Å². The van der Waals surface area contributed by atoms with Crippen molar-refractivity contribution in [2.24, 2.45) is 0 Å². The fourth-order valence-electron chi connectivity index (χ4n) is 2.67. The van der Waals surface area contributed by atoms with Crippen molar-refractivity contribution < 1.29 is 9.72 Å². The van der Waals surface area contributed by atoms with Crippen molar-refractivity contribution in [3.8, 4) is 11.1 Å². The molecule has 1 N–H and O–H groups in total. The second-order valence-electron chi connectivity index (χ2n) is 5.62. The van der Waals surface area contributed by atoms with E-state index in [-0.39, 0.29) is 11.6 Å². The van der Waals surface area contributed by atoms with Crippen LogP contribution in [0.1, 0.15) is 15.9 Å². The normalized spacial score (nSPS) is 10.3. The van der Waals surface area contributed by atoms with E-state index in [0.29, 0.717) is 16.8 Å². The summed E-state index contributed by atoms with van der Waals surface area (Å²) in [7, 11) is 0. The van der Waals surface area contributed by atoms with Gasteiger partial charge in [-0.15, -0.1) is 0 Å². The van der Waals surface area contributed by atoms with E-state index in [1.807, 2.05) is 54.6 Å². The summed E-state index contributed by atoms with van der Waals surface area (Å²) in [4.78, 5) is 23.0. The van der Waals surface area contributed by atoms with Crippen LogP contribution >= 0.6 is 0 Å². The Kier molecular flexibility index (Phi) is 4.57. The van der Waals surface area contributed by atoms with Gasteiger partial charge in [0.05, 0.1) is 4.92 Å². The van der Waals surface area contributed by atoms with Crippen molar-refractivity contribution in [2.75, 3.05) is 5.32 Å². The van der Waals surface area contributed by atoms with Gasteiger partial charge in [-0.2, -0.15) is 0 Å². The third-order valence-corrected chi connectivity index (χ3v) is 3.93. The number of rotatable bonds is 4. The summed E-state index contributed by atoms with van der Waals surface area (Å²) in [6.45, 7) is 1.69. The molecule has 0 bridgehead atoms. The molecule has 1 amide bonds. The van der Waals surface area contributed by atoms with Crippen LogP contribution in [0.3, 0.4) is 0 Å². The molecule has 0 aliphatic carbocycles. The number of nitro groups is 1. The summed E-state index contributed by atoms with van der Waals surface area (Å²) in [5.41, 5.74) is 3.54. The van der Waals surface area contributed by atoms with Gasteiger partial charge in [0.25, 0.3) is 11.6 Å². The van der Waals surface area contributed by atoms with Gasteiger partial charge in [-0.05, 0) is 30.2 Å². The minimum Gasteiger partial charge on any atom is -0.321 e. The zero-order valence-electron chi connectivity index (χ0n) is 13.6. The van der Waals surface area contributed by atoms with Crippen LogP contribution in [0.5, 0.6) is 0 Å². The lowest BCUT2D eigenvalue weighted by Crippen LogP contribution is -2.14. The third kappa shape index (κ3) is 3.55. The largest absolute Gasteiger partial charge is 0.321 e. The maximum absolute atomic E-state index is 12.6. The molecule has 0 saturated heterocycles. The Morgan fingerprint density at radius 2 is 1.64 bits per heavy atom. The van der Waals surface area contributed by atoms with E-state index in [2.05, 4.69) is 5.32 Å². The quantitative estimate of drug-likeness (QED) is 0.550. The van der Waals surface area contributed by atoms with Crippen molar-refractivity contribution in [1.29, 1.82) is 0 Å². The first-order valence-corrected chi connectivity index (χ1v) is 7.77. The van der Waals surface area contributed by atoms with Crippen molar-refractivity contribution in [3.63, 3.8) is 0 Å². The highest BCUT2D eigenvalue weighted by atomic mass is 16.6. The van der Waals surface area contributed by atoms with Gasteiger partial charge in [0.2, 0.25) is 0 Å². The summed E-state index contributed by atoms with van der Waals surface area (Å²) in [6, 6.07) is 21.5. The van der Waals surface area contributed by atoms with Crippen molar-refractivity contribution in [1.82, 2.24) is 0 Å². The van der Waals surface area contributed by atoms with Crippen LogP contribution in [0.25, 0.3) is 11.1 Å². The highest BCUT2D eigenvalue weighted by Gasteiger charge is 2.15. The molecule has 0 saturated carbocycles. The van der Waals surface area contributed by atoms with E-state index in [1.165, 1.54) is 18.2 Å². The van der Waals surface area contributed by atoms with Crippen molar-refractivity contribution in [3.05, 3.63) is 94.0 Å². The number of hydrogen-bond donors (Lipinski definition) is 1. The molecule has 0 aliphatic rings. The van der Waals surface area contributed by atoms with Crippen LogP contribution in [0.4, 0.5) is 11.4 Å². The van der Waals surface area contributed by atoms with E-state index < -0.39 is 4.92 Å². The molecule has 3 aromatic rings. The first-order valence-electron chi connectivity index (χ1n) is 7.77. The molecular formula is C20H16N2O3. The molecule has 3 rings (SSSR count). The molecule has 0 heterocycles. The number of amides is 1. The highest BCUT2D eigenvalue weighted by molar-refractivity contribution is 6.07. The summed E-state index contributed by atoms with van der Waals surface area (Å²) < 4.78 is 0. The van der Waals surface area contributed by atoms with Crippen LogP contribution in [-0.2, 0) is 0 Å². The molecule has 0 unspecified atom stereocenters. The fraction of sp³-hybridized carbons (Fsp3) is 0.0500. The van der Waals surface area contributed by atoms with E-state index in [9.17, 15) is 14.9 Å². The Balaban J connectivity index is 1.91. The molecule has 25 heavy (non-hydrogen) atoms. The average molecular weight is 332 g/mol. The predicted octanol–water partition coefficient (Wildman–Crippen LogP) is 4.82. The molecular weight excluding hydrogens is 316 g/mol. The first kappa shape index (κ1) is 16.4. The maximum atomic E-state index is 12.6. The Morgan fingerprint density at radius 1 is 0.960 bits per heavy atom. The SMILES string of the molecule is Cc1cc([N+](=O)[O-])ccc1C(=O)Nc1ccccc1-c1ccccc1. The van der Waals surface area contributed by atoms with Crippen LogP contribution in [0, 0.1) is 17.0 Å². The number of aryl methyl sites for hydroxylation is 1. The van der Waals surface area contributed by atoms with Gasteiger partial charge in [0.1, 0.15) is 0 Å². The zero-order chi connectivity index (χ0) is 17.8. The average Bonchev–Trinajstić information content (AvgIpc) is 2.62. The summed E-state index contributed by atoms with van der Waals surface area (Å²) in [5, 5.41) is 13.7. The van der Waals surface area contributed by atoms with Crippen molar-refractivity contribution >= 4 is 17.3 Å². The molecule has 0 spiro atoms. The molecule has 0 aromatic heterocycles. The number of anilines is 1. The Hall–Kier alpha value is -3.47. The van der Waals surface area contributed by atoms with E-state index in [0.717, 1.165) is 11.1 Å². The van der Waals surface area contributed by atoms with Crippen LogP contribution in [0.2, 0.25) is 0 Å². The predicted molar refractivity (Wildman–Crippen MR) is 97.7 cm³/mol. The Labute approximate surface area is 145 Å². The van der Waals surface area contributed by atoms with Gasteiger partial charge in [0, 0.05) is 28.9 Å². The Morgan fingerprint density at radius 3 is 2.32 bits per heavy atom. The van der Waals surface area contributed by atoms with Gasteiger partial charge < -0.3 is 5.32 Å². The number of nitrogens with zero attached hydrogens (tertiary/aromatic N) is 1. The topological polar surface area (TPSA) is 72.2 Å². The van der Waals surface area contributed by atoms with Gasteiger partial charge in [-0.25, -0.2) is 0 Å². The van der Waals surface area contributed by atoms with Gasteiger partial charge in [-0.3, -0.25) is 14.9 Å². The van der Waals surface area contributed by atoms with Gasteiger partial charge in [-0.1, -0.05) is 48.5 Å². The molecule has 0 aliphatic heterocycles. The van der Waals surface area contributed by atoms with E-state index >= 15 is 0 Å². The second-order valence-corrected chi connectivity index (χ2v) is 5.62. The standard InChI is InChI=1S/C20H16N2O3/c1-14-13-16(22(24)25)11-12-17(14)20(23)21-19-10-6-5-9-18(19)15-7-3-2-4-8-15/h2-13H,1H3,(H,21,23). The van der Waals surface area contributed by atoms with Crippen LogP contribution in [-0.4, -0.2) is 10.8 Å². The summed E-state index contributed by atoms with van der Waals surface area (Å²) in [6.07, 6.45) is 0. The molecule has 124 valence electrons. The number of non-ortho nitro benzene ring substituents is 1. The molecule has 5 heteroatoms. The zero-order valence-corrected chi connectivity index (χ0v) is 13.6. The van der Waals surface area contributed by atoms with Crippen LogP contribution in [0.15, 0.2) is 72.8 Å². The second kappa shape index (κ2) is 6.97. The lowest BCUT2D eigenvalue weighted by atomic mass is 10.0. The number of nitro benzene ring substituents is 1. The molecule has 0 atom stereocenters. The summed E-state index contributed by atoms with van der Waals surface area (Å²) >= 11 is 0. The smallest absolute Gasteiger partial charge is 0.269 e. The molecule has 3 aromatic carbocycles. The fourth-order valence-corrected chi connectivity index (χ4v) is 2.67. The number of carbonyl (C=O) groups is 1. The minimum atomic E-state index is -0.473. The molecule has 5 nitrogen and oxygen atoms in total. The third-order valence-electron chi connectivity index (χ3n) is 3.93. The van der Waals surface area contributed by atoms with E-state index in [4.69, 9.17) is 0 Å². The lowest BCUT2D eigenvalue weighted by Gasteiger charge is -2.12. The first-order chi connectivity index (χ1) is 12.1. The highest BCUT2D eigenvalue weighted by Crippen LogP contribution is 2.28. The van der Waals surface area contributed by atoms with Crippen LogP contribution < -0.4 is 5.32 Å². The van der Waals surface area contributed by atoms with E-state index in [1.54, 1.807) is 6.92 Å². The number of nitrogens with one attached hydrogen (secondary N) is 1. The summed E-state index contributed by atoms with van der Waals surface area (Å²) in [5.74, 6) is -0.296. The van der Waals surface area contributed by atoms with Gasteiger partial charge in [0.15, 0.2) is 0 Å². The number of carbonyl (C=O) groups excluding carboxylic acids is 1. The van der Waals surface area contributed by atoms with Gasteiger partial charge >= 0.3 is 0 Å². The number of benzene rings is 3. The lowest BCUT2D eigenvalue weighted by molar-refractivity contribution is -0.384.